The molecule has 2 heteroatoms. The van der Waals surface area contributed by atoms with Crippen molar-refractivity contribution in [3.05, 3.63) is 77.4 Å². The molecule has 128 valence electrons. The molecule has 0 aromatic heterocycles. The maximum atomic E-state index is 12.4. The number of carbonyl (C=O) groups excluding carboxylic acids is 1. The van der Waals surface area contributed by atoms with E-state index in [4.69, 9.17) is 4.74 Å². The summed E-state index contributed by atoms with van der Waals surface area (Å²) in [6.45, 7) is 0.394. The van der Waals surface area contributed by atoms with Gasteiger partial charge in [-0.1, -0.05) is 72.3 Å². The van der Waals surface area contributed by atoms with E-state index in [0.29, 0.717) is 18.4 Å². The van der Waals surface area contributed by atoms with Crippen LogP contribution in [0.15, 0.2) is 66.2 Å². The van der Waals surface area contributed by atoms with E-state index in [2.05, 4.69) is 36.4 Å². The monoisotopic (exact) mass is 332 g/mol. The van der Waals surface area contributed by atoms with Gasteiger partial charge in [-0.15, -0.1) is 0 Å². The third-order valence-corrected chi connectivity index (χ3v) is 5.62. The van der Waals surface area contributed by atoms with Gasteiger partial charge in [-0.05, 0) is 48.6 Å². The zero-order valence-electron chi connectivity index (χ0n) is 14.4. The van der Waals surface area contributed by atoms with Crippen LogP contribution in [0.1, 0.15) is 36.8 Å². The maximum absolute atomic E-state index is 12.4. The molecular formula is C23H24O2. The van der Waals surface area contributed by atoms with Crippen LogP contribution in [0.5, 0.6) is 0 Å². The highest BCUT2D eigenvalue weighted by molar-refractivity contribution is 5.73. The van der Waals surface area contributed by atoms with Crippen LogP contribution < -0.4 is 0 Å². The molecule has 1 unspecified atom stereocenters. The lowest BCUT2D eigenvalue weighted by Gasteiger charge is -2.11. The van der Waals surface area contributed by atoms with Gasteiger partial charge in [0, 0.05) is 0 Å². The Hall–Kier alpha value is -2.35. The van der Waals surface area contributed by atoms with Crippen molar-refractivity contribution in [1.29, 1.82) is 0 Å². The largest absolute Gasteiger partial charge is 0.461 e. The quantitative estimate of drug-likeness (QED) is 0.715. The third-order valence-electron chi connectivity index (χ3n) is 5.62. The van der Waals surface area contributed by atoms with Gasteiger partial charge in [0.1, 0.15) is 6.61 Å². The third kappa shape index (κ3) is 3.84. The summed E-state index contributed by atoms with van der Waals surface area (Å²) < 4.78 is 5.55. The average molecular weight is 332 g/mol. The molecule has 3 atom stereocenters. The molecule has 2 aliphatic carbocycles. The number of fused-ring (bicyclic) bond motifs is 1. The number of benzene rings is 2. The second-order valence-electron chi connectivity index (χ2n) is 7.40. The molecule has 0 heterocycles. The lowest BCUT2D eigenvalue weighted by atomic mass is 10.0. The van der Waals surface area contributed by atoms with Crippen molar-refractivity contribution in [1.82, 2.24) is 0 Å². The first kappa shape index (κ1) is 16.1. The summed E-state index contributed by atoms with van der Waals surface area (Å²) in [5, 5.41) is 0. The van der Waals surface area contributed by atoms with E-state index in [1.54, 1.807) is 0 Å². The van der Waals surface area contributed by atoms with E-state index in [0.717, 1.165) is 31.2 Å². The molecule has 25 heavy (non-hydrogen) atoms. The van der Waals surface area contributed by atoms with Crippen LogP contribution in [0.3, 0.4) is 0 Å². The number of allylic oxidation sites excluding steroid dienone is 1. The van der Waals surface area contributed by atoms with Gasteiger partial charge in [-0.3, -0.25) is 4.79 Å². The number of hydrogen-bond acceptors (Lipinski definition) is 2. The first-order chi connectivity index (χ1) is 12.3. The minimum Gasteiger partial charge on any atom is -0.461 e. The lowest BCUT2D eigenvalue weighted by molar-refractivity contribution is -0.149. The van der Waals surface area contributed by atoms with E-state index in [1.165, 1.54) is 11.1 Å². The van der Waals surface area contributed by atoms with Gasteiger partial charge in [0.25, 0.3) is 0 Å². The van der Waals surface area contributed by atoms with Crippen LogP contribution in [-0.4, -0.2) is 5.97 Å². The van der Waals surface area contributed by atoms with Gasteiger partial charge < -0.3 is 4.74 Å². The van der Waals surface area contributed by atoms with Gasteiger partial charge >= 0.3 is 5.97 Å². The Kier molecular flexibility index (Phi) is 4.69. The normalized spacial score (nSPS) is 26.6. The van der Waals surface area contributed by atoms with Gasteiger partial charge in [-0.25, -0.2) is 0 Å². The first-order valence-corrected chi connectivity index (χ1v) is 9.23. The van der Waals surface area contributed by atoms with E-state index < -0.39 is 0 Å². The summed E-state index contributed by atoms with van der Waals surface area (Å²) in [5.41, 5.74) is 3.88. The Bertz CT molecular complexity index is 732. The fourth-order valence-electron chi connectivity index (χ4n) is 4.41. The minimum absolute atomic E-state index is 0.00755. The molecule has 0 spiro atoms. The fraction of sp³-hybridized carbons (Fsp3) is 0.348. The summed E-state index contributed by atoms with van der Waals surface area (Å²) >= 11 is 0. The molecule has 0 amide bonds. The second kappa shape index (κ2) is 7.26. The highest BCUT2D eigenvalue weighted by Gasteiger charge is 2.42. The van der Waals surface area contributed by atoms with Crippen LogP contribution in [0.2, 0.25) is 0 Å². The summed E-state index contributed by atoms with van der Waals surface area (Å²) in [6.07, 6.45) is 6.60. The fourth-order valence-corrected chi connectivity index (χ4v) is 4.41. The van der Waals surface area contributed by atoms with Crippen LogP contribution in [0.25, 0.3) is 6.08 Å². The zero-order valence-corrected chi connectivity index (χ0v) is 14.4. The molecule has 0 bridgehead atoms. The van der Waals surface area contributed by atoms with Gasteiger partial charge in [0.15, 0.2) is 0 Å². The van der Waals surface area contributed by atoms with E-state index in [1.807, 2.05) is 30.3 Å². The molecule has 2 aromatic rings. The molecule has 4 rings (SSSR count). The van der Waals surface area contributed by atoms with Crippen molar-refractivity contribution in [3.63, 3.8) is 0 Å². The van der Waals surface area contributed by atoms with Gasteiger partial charge in [0.2, 0.25) is 0 Å². The molecule has 2 saturated carbocycles. The van der Waals surface area contributed by atoms with Crippen LogP contribution in [-0.2, 0) is 16.1 Å². The standard InChI is InChI=1S/C23H24O2/c24-23(25-16-18-9-5-2-6-10-18)22-14-20-12-19(13-21(20)15-22)11-17-7-3-1-4-8-17/h1-11,20-22H,12-16H2/t20-,21+,22?. The van der Waals surface area contributed by atoms with Gasteiger partial charge in [-0.2, -0.15) is 0 Å². The highest BCUT2D eigenvalue weighted by Crippen LogP contribution is 2.49. The Morgan fingerprint density at radius 2 is 1.52 bits per heavy atom. The molecule has 0 radical (unpaired) electrons. The molecular weight excluding hydrogens is 308 g/mol. The Morgan fingerprint density at radius 3 is 2.16 bits per heavy atom. The first-order valence-electron chi connectivity index (χ1n) is 9.23. The Labute approximate surface area is 149 Å². The minimum atomic E-state index is -0.00755. The maximum Gasteiger partial charge on any atom is 0.309 e. The van der Waals surface area contributed by atoms with Crippen molar-refractivity contribution in [2.45, 2.75) is 32.3 Å². The molecule has 2 fully saturated rings. The van der Waals surface area contributed by atoms with Crippen LogP contribution in [0, 0.1) is 17.8 Å². The summed E-state index contributed by atoms with van der Waals surface area (Å²) in [7, 11) is 0. The lowest BCUT2D eigenvalue weighted by Crippen LogP contribution is -2.15. The SMILES string of the molecule is O=C(OCc1ccccc1)C1C[C@H]2CC(=Cc3ccccc3)C[C@H]2C1. The number of carbonyl (C=O) groups is 1. The molecule has 0 N–H and O–H groups in total. The Morgan fingerprint density at radius 1 is 0.920 bits per heavy atom. The summed E-state index contributed by atoms with van der Waals surface area (Å²) in [4.78, 5) is 12.4. The number of esters is 1. The zero-order chi connectivity index (χ0) is 17.1. The van der Waals surface area contributed by atoms with Gasteiger partial charge in [0.05, 0.1) is 5.92 Å². The van der Waals surface area contributed by atoms with E-state index in [-0.39, 0.29) is 11.9 Å². The summed E-state index contributed by atoms with van der Waals surface area (Å²) in [5.74, 6) is 1.40. The molecule has 2 aromatic carbocycles. The van der Waals surface area contributed by atoms with E-state index >= 15 is 0 Å². The number of ether oxygens (including phenoxy) is 1. The molecule has 0 saturated heterocycles. The number of hydrogen-bond donors (Lipinski definition) is 0. The van der Waals surface area contributed by atoms with Crippen molar-refractivity contribution >= 4 is 12.0 Å². The topological polar surface area (TPSA) is 26.3 Å². The highest BCUT2D eigenvalue weighted by atomic mass is 16.5. The number of rotatable bonds is 4. The van der Waals surface area contributed by atoms with Crippen molar-refractivity contribution in [2.75, 3.05) is 0 Å². The second-order valence-corrected chi connectivity index (χ2v) is 7.40. The van der Waals surface area contributed by atoms with Crippen molar-refractivity contribution < 1.29 is 9.53 Å². The van der Waals surface area contributed by atoms with Crippen LogP contribution in [0.4, 0.5) is 0 Å². The summed E-state index contributed by atoms with van der Waals surface area (Å²) in [6, 6.07) is 20.5. The van der Waals surface area contributed by atoms with E-state index in [9.17, 15) is 4.79 Å². The van der Waals surface area contributed by atoms with Crippen LogP contribution >= 0.6 is 0 Å². The predicted octanol–water partition coefficient (Wildman–Crippen LogP) is 5.25. The molecule has 2 aliphatic rings. The predicted molar refractivity (Wildman–Crippen MR) is 99.6 cm³/mol. The van der Waals surface area contributed by atoms with Crippen molar-refractivity contribution in [3.8, 4) is 0 Å². The Balaban J connectivity index is 1.30. The average Bonchev–Trinajstić information content (AvgIpc) is 3.20. The smallest absolute Gasteiger partial charge is 0.309 e. The van der Waals surface area contributed by atoms with Crippen molar-refractivity contribution in [2.24, 2.45) is 17.8 Å². The molecule has 0 aliphatic heterocycles. The molecule has 2 nitrogen and oxygen atoms in total.